The normalized spacial score (nSPS) is 10.4. The third-order valence-corrected chi connectivity index (χ3v) is 2.41. The van der Waals surface area contributed by atoms with Gasteiger partial charge in [0.25, 0.3) is 0 Å². The Hall–Kier alpha value is -1.84. The van der Waals surface area contributed by atoms with Crippen LogP contribution in [-0.4, -0.2) is 14.5 Å². The molecule has 0 fully saturated rings. The molecular formula is C12H16N4. The van der Waals surface area contributed by atoms with Crippen molar-refractivity contribution in [3.63, 3.8) is 0 Å². The quantitative estimate of drug-likeness (QED) is 0.857. The summed E-state index contributed by atoms with van der Waals surface area (Å²) in [6.45, 7) is 6.97. The SMILES string of the molecule is CCn1cc(C)nc1Nc1ccc(C)nc1. The number of rotatable bonds is 3. The summed E-state index contributed by atoms with van der Waals surface area (Å²) in [5.41, 5.74) is 3.00. The van der Waals surface area contributed by atoms with Crippen LogP contribution in [0.2, 0.25) is 0 Å². The lowest BCUT2D eigenvalue weighted by atomic mass is 10.3. The Balaban J connectivity index is 2.22. The fraction of sp³-hybridized carbons (Fsp3) is 0.333. The second-order valence-electron chi connectivity index (χ2n) is 3.81. The molecule has 0 radical (unpaired) electrons. The molecule has 0 unspecified atom stereocenters. The molecule has 4 heteroatoms. The van der Waals surface area contributed by atoms with Crippen molar-refractivity contribution in [1.29, 1.82) is 0 Å². The minimum absolute atomic E-state index is 0.866. The van der Waals surface area contributed by atoms with E-state index < -0.39 is 0 Å². The summed E-state index contributed by atoms with van der Waals surface area (Å²) in [6.07, 6.45) is 3.85. The maximum absolute atomic E-state index is 4.42. The second-order valence-corrected chi connectivity index (χ2v) is 3.81. The zero-order valence-electron chi connectivity index (χ0n) is 9.86. The number of aromatic nitrogens is 3. The third-order valence-electron chi connectivity index (χ3n) is 2.41. The number of nitrogens with zero attached hydrogens (tertiary/aromatic N) is 3. The van der Waals surface area contributed by atoms with Gasteiger partial charge in [0.2, 0.25) is 5.95 Å². The first-order valence-corrected chi connectivity index (χ1v) is 5.42. The second kappa shape index (κ2) is 4.35. The zero-order chi connectivity index (χ0) is 11.5. The topological polar surface area (TPSA) is 42.7 Å². The maximum Gasteiger partial charge on any atom is 0.207 e. The fourth-order valence-electron chi connectivity index (χ4n) is 1.56. The number of pyridine rings is 1. The van der Waals surface area contributed by atoms with Gasteiger partial charge in [0, 0.05) is 18.4 Å². The van der Waals surface area contributed by atoms with E-state index in [1.54, 1.807) is 0 Å². The first-order chi connectivity index (χ1) is 7.69. The Labute approximate surface area is 95.4 Å². The summed E-state index contributed by atoms with van der Waals surface area (Å²) in [6, 6.07) is 3.99. The molecule has 2 heterocycles. The van der Waals surface area contributed by atoms with Crippen LogP contribution in [0.3, 0.4) is 0 Å². The van der Waals surface area contributed by atoms with Gasteiger partial charge in [-0.25, -0.2) is 4.98 Å². The molecule has 2 aromatic rings. The molecule has 4 nitrogen and oxygen atoms in total. The Bertz CT molecular complexity index is 470. The van der Waals surface area contributed by atoms with E-state index in [-0.39, 0.29) is 0 Å². The van der Waals surface area contributed by atoms with E-state index in [0.717, 1.165) is 29.6 Å². The van der Waals surface area contributed by atoms with Crippen molar-refractivity contribution in [3.05, 3.63) is 35.9 Å². The van der Waals surface area contributed by atoms with Crippen LogP contribution in [0.15, 0.2) is 24.5 Å². The van der Waals surface area contributed by atoms with E-state index in [1.807, 2.05) is 38.4 Å². The Morgan fingerprint density at radius 2 is 2.06 bits per heavy atom. The van der Waals surface area contributed by atoms with Gasteiger partial charge in [-0.05, 0) is 32.9 Å². The zero-order valence-corrected chi connectivity index (χ0v) is 9.86. The van der Waals surface area contributed by atoms with Gasteiger partial charge in [-0.15, -0.1) is 0 Å². The van der Waals surface area contributed by atoms with Gasteiger partial charge in [-0.1, -0.05) is 0 Å². The van der Waals surface area contributed by atoms with Crippen molar-refractivity contribution in [2.45, 2.75) is 27.3 Å². The molecule has 2 rings (SSSR count). The molecule has 84 valence electrons. The van der Waals surface area contributed by atoms with Gasteiger partial charge < -0.3 is 9.88 Å². The molecule has 2 aromatic heterocycles. The number of imidazole rings is 1. The van der Waals surface area contributed by atoms with Crippen LogP contribution in [0.25, 0.3) is 0 Å². The highest BCUT2D eigenvalue weighted by Crippen LogP contribution is 2.15. The third kappa shape index (κ3) is 2.21. The summed E-state index contributed by atoms with van der Waals surface area (Å²) < 4.78 is 2.08. The number of aryl methyl sites for hydroxylation is 3. The van der Waals surface area contributed by atoms with E-state index >= 15 is 0 Å². The molecule has 0 saturated carbocycles. The average Bonchev–Trinajstić information content (AvgIpc) is 2.62. The van der Waals surface area contributed by atoms with Gasteiger partial charge in [-0.2, -0.15) is 0 Å². The fourth-order valence-corrected chi connectivity index (χ4v) is 1.56. The van der Waals surface area contributed by atoms with Gasteiger partial charge in [-0.3, -0.25) is 4.98 Å². The van der Waals surface area contributed by atoms with E-state index in [9.17, 15) is 0 Å². The number of hydrogen-bond acceptors (Lipinski definition) is 3. The predicted molar refractivity (Wildman–Crippen MR) is 64.9 cm³/mol. The molecule has 1 N–H and O–H groups in total. The van der Waals surface area contributed by atoms with E-state index in [0.29, 0.717) is 0 Å². The van der Waals surface area contributed by atoms with E-state index in [2.05, 4.69) is 26.8 Å². The van der Waals surface area contributed by atoms with E-state index in [4.69, 9.17) is 0 Å². The van der Waals surface area contributed by atoms with Crippen molar-refractivity contribution in [1.82, 2.24) is 14.5 Å². The lowest BCUT2D eigenvalue weighted by molar-refractivity contribution is 0.771. The molecule has 0 spiro atoms. The maximum atomic E-state index is 4.42. The standard InChI is InChI=1S/C12H16N4/c1-4-16-8-10(3)14-12(16)15-11-6-5-9(2)13-7-11/h5-8H,4H2,1-3H3,(H,14,15). The van der Waals surface area contributed by atoms with Crippen molar-refractivity contribution >= 4 is 11.6 Å². The average molecular weight is 216 g/mol. The molecule has 0 bridgehead atoms. The monoisotopic (exact) mass is 216 g/mol. The van der Waals surface area contributed by atoms with Crippen LogP contribution in [-0.2, 0) is 6.54 Å². The molecule has 0 aromatic carbocycles. The highest BCUT2D eigenvalue weighted by molar-refractivity contribution is 5.52. The van der Waals surface area contributed by atoms with Crippen LogP contribution in [0.5, 0.6) is 0 Å². The summed E-state index contributed by atoms with van der Waals surface area (Å²) >= 11 is 0. The minimum Gasteiger partial charge on any atom is -0.324 e. The van der Waals surface area contributed by atoms with Gasteiger partial charge in [0.05, 0.1) is 17.6 Å². The van der Waals surface area contributed by atoms with Crippen LogP contribution < -0.4 is 5.32 Å². The summed E-state index contributed by atoms with van der Waals surface area (Å²) in [4.78, 5) is 8.66. The van der Waals surface area contributed by atoms with Gasteiger partial charge >= 0.3 is 0 Å². The van der Waals surface area contributed by atoms with Crippen molar-refractivity contribution in [3.8, 4) is 0 Å². The van der Waals surface area contributed by atoms with Crippen molar-refractivity contribution < 1.29 is 0 Å². The lowest BCUT2D eigenvalue weighted by Crippen LogP contribution is -2.01. The molecule has 0 aliphatic rings. The van der Waals surface area contributed by atoms with Crippen LogP contribution in [0.1, 0.15) is 18.3 Å². The smallest absolute Gasteiger partial charge is 0.207 e. The highest BCUT2D eigenvalue weighted by atomic mass is 15.2. The molecule has 0 atom stereocenters. The largest absolute Gasteiger partial charge is 0.324 e. The molecule has 0 aliphatic heterocycles. The first kappa shape index (κ1) is 10.7. The Morgan fingerprint density at radius 1 is 1.25 bits per heavy atom. The predicted octanol–water partition coefficient (Wildman–Crippen LogP) is 2.66. The Kier molecular flexibility index (Phi) is 2.90. The molecule has 0 aliphatic carbocycles. The Morgan fingerprint density at radius 3 is 2.69 bits per heavy atom. The van der Waals surface area contributed by atoms with Crippen LogP contribution in [0, 0.1) is 13.8 Å². The van der Waals surface area contributed by atoms with Gasteiger partial charge in [0.1, 0.15) is 0 Å². The van der Waals surface area contributed by atoms with E-state index in [1.165, 1.54) is 0 Å². The van der Waals surface area contributed by atoms with Crippen LogP contribution >= 0.6 is 0 Å². The summed E-state index contributed by atoms with van der Waals surface area (Å²) in [5, 5.41) is 3.26. The number of anilines is 2. The van der Waals surface area contributed by atoms with Crippen molar-refractivity contribution in [2.24, 2.45) is 0 Å². The van der Waals surface area contributed by atoms with Crippen molar-refractivity contribution in [2.75, 3.05) is 5.32 Å². The molecule has 0 amide bonds. The van der Waals surface area contributed by atoms with Crippen LogP contribution in [0.4, 0.5) is 11.6 Å². The number of hydrogen-bond donors (Lipinski definition) is 1. The van der Waals surface area contributed by atoms with Gasteiger partial charge in [0.15, 0.2) is 0 Å². The lowest BCUT2D eigenvalue weighted by Gasteiger charge is -2.07. The minimum atomic E-state index is 0.866. The number of nitrogens with one attached hydrogen (secondary N) is 1. The molecular weight excluding hydrogens is 200 g/mol. The highest BCUT2D eigenvalue weighted by Gasteiger charge is 2.04. The molecule has 0 saturated heterocycles. The molecule has 16 heavy (non-hydrogen) atoms. The summed E-state index contributed by atoms with van der Waals surface area (Å²) in [5.74, 6) is 0.866. The summed E-state index contributed by atoms with van der Waals surface area (Å²) in [7, 11) is 0. The first-order valence-electron chi connectivity index (χ1n) is 5.42.